The van der Waals surface area contributed by atoms with Gasteiger partial charge < -0.3 is 23.5 Å². The molecule has 3 aromatic rings. The van der Waals surface area contributed by atoms with E-state index in [2.05, 4.69) is 15.1 Å². The molecule has 0 aliphatic heterocycles. The summed E-state index contributed by atoms with van der Waals surface area (Å²) in [7, 11) is 5.72. The van der Waals surface area contributed by atoms with E-state index in [0.29, 0.717) is 42.2 Å². The normalized spacial score (nSPS) is 11.0. The number of methoxy groups -OCH3 is 1. The molecular formula is C23H29N3O4S. The Bertz CT molecular complexity index is 918. The van der Waals surface area contributed by atoms with Crippen LogP contribution in [0.25, 0.3) is 11.5 Å². The average molecular weight is 444 g/mol. The molecule has 0 saturated heterocycles. The number of hydrogen-bond donors (Lipinski definition) is 0. The molecule has 0 unspecified atom stereocenters. The van der Waals surface area contributed by atoms with Crippen molar-refractivity contribution in [3.8, 4) is 28.7 Å². The third kappa shape index (κ3) is 7.48. The van der Waals surface area contributed by atoms with Crippen LogP contribution in [0.1, 0.15) is 12.3 Å². The minimum atomic E-state index is 0.466. The van der Waals surface area contributed by atoms with Crippen LogP contribution in [0.5, 0.6) is 17.2 Å². The monoisotopic (exact) mass is 443 g/mol. The molecule has 31 heavy (non-hydrogen) atoms. The van der Waals surface area contributed by atoms with Crippen LogP contribution in [0, 0.1) is 0 Å². The highest BCUT2D eigenvalue weighted by atomic mass is 32.2. The number of benzene rings is 2. The first-order valence-electron chi connectivity index (χ1n) is 10.2. The molecule has 8 heteroatoms. The van der Waals surface area contributed by atoms with Crippen molar-refractivity contribution in [3.63, 3.8) is 0 Å². The molecule has 0 aliphatic rings. The molecule has 0 atom stereocenters. The molecule has 166 valence electrons. The summed E-state index contributed by atoms with van der Waals surface area (Å²) in [4.78, 5) is 2.13. The first-order chi connectivity index (χ1) is 15.2. The average Bonchev–Trinajstić information content (AvgIpc) is 3.26. The molecule has 0 bridgehead atoms. The first kappa shape index (κ1) is 23.0. The van der Waals surface area contributed by atoms with Crippen LogP contribution >= 0.6 is 11.8 Å². The number of rotatable bonds is 13. The number of ether oxygens (including phenoxy) is 3. The van der Waals surface area contributed by atoms with Crippen molar-refractivity contribution in [2.45, 2.75) is 12.2 Å². The lowest BCUT2D eigenvalue weighted by molar-refractivity contribution is 0.268. The van der Waals surface area contributed by atoms with E-state index < -0.39 is 0 Å². The molecule has 0 fully saturated rings. The van der Waals surface area contributed by atoms with Gasteiger partial charge in [0.2, 0.25) is 11.8 Å². The third-order valence-electron chi connectivity index (χ3n) is 4.35. The molecule has 1 aromatic heterocycles. The van der Waals surface area contributed by atoms with Crippen molar-refractivity contribution in [1.29, 1.82) is 0 Å². The lowest BCUT2D eigenvalue weighted by Gasteiger charge is -2.13. The Morgan fingerprint density at radius 3 is 2.58 bits per heavy atom. The molecule has 0 N–H and O–H groups in total. The van der Waals surface area contributed by atoms with Crippen LogP contribution in [-0.2, 0) is 5.75 Å². The molecule has 0 aliphatic carbocycles. The van der Waals surface area contributed by atoms with E-state index in [1.165, 1.54) is 0 Å². The number of thioether (sulfide) groups is 1. The summed E-state index contributed by atoms with van der Waals surface area (Å²) in [5.74, 6) is 4.75. The van der Waals surface area contributed by atoms with Gasteiger partial charge in [-0.15, -0.1) is 22.0 Å². The molecule has 0 amide bonds. The van der Waals surface area contributed by atoms with E-state index in [1.807, 2.05) is 62.6 Å². The molecule has 1 heterocycles. The first-order valence-corrected chi connectivity index (χ1v) is 11.3. The lowest BCUT2D eigenvalue weighted by Crippen LogP contribution is -2.15. The van der Waals surface area contributed by atoms with Gasteiger partial charge in [-0.25, -0.2) is 0 Å². The zero-order valence-electron chi connectivity index (χ0n) is 18.2. The Labute approximate surface area is 187 Å². The van der Waals surface area contributed by atoms with Crippen LogP contribution in [-0.4, -0.2) is 61.8 Å². The Morgan fingerprint density at radius 2 is 1.81 bits per heavy atom. The smallest absolute Gasteiger partial charge is 0.247 e. The minimum absolute atomic E-state index is 0.466. The predicted molar refractivity (Wildman–Crippen MR) is 123 cm³/mol. The van der Waals surface area contributed by atoms with Gasteiger partial charge in [-0.2, -0.15) is 0 Å². The van der Waals surface area contributed by atoms with Crippen molar-refractivity contribution in [3.05, 3.63) is 54.4 Å². The summed E-state index contributed by atoms with van der Waals surface area (Å²) in [6.45, 7) is 2.23. The minimum Gasteiger partial charge on any atom is -0.493 e. The molecule has 0 saturated carbocycles. The summed E-state index contributed by atoms with van der Waals surface area (Å²) in [5, 5.41) is 8.32. The topological polar surface area (TPSA) is 69.9 Å². The van der Waals surface area contributed by atoms with Crippen LogP contribution in [0.3, 0.4) is 0 Å². The van der Waals surface area contributed by atoms with E-state index in [0.717, 1.165) is 30.0 Å². The van der Waals surface area contributed by atoms with Gasteiger partial charge in [-0.05, 0) is 50.8 Å². The summed E-state index contributed by atoms with van der Waals surface area (Å²) in [6, 6.07) is 15.4. The fourth-order valence-electron chi connectivity index (χ4n) is 2.81. The zero-order valence-corrected chi connectivity index (χ0v) is 19.1. The second-order valence-electron chi connectivity index (χ2n) is 7.09. The number of aromatic nitrogens is 2. The maximum absolute atomic E-state index is 5.85. The van der Waals surface area contributed by atoms with E-state index in [4.69, 9.17) is 18.6 Å². The molecule has 3 rings (SSSR count). The second-order valence-corrected chi connectivity index (χ2v) is 8.19. The second kappa shape index (κ2) is 12.2. The fourth-order valence-corrected chi connectivity index (χ4v) is 3.44. The van der Waals surface area contributed by atoms with Gasteiger partial charge in [-0.1, -0.05) is 18.2 Å². The summed E-state index contributed by atoms with van der Waals surface area (Å²) < 4.78 is 22.8. The van der Waals surface area contributed by atoms with E-state index in [1.54, 1.807) is 18.9 Å². The van der Waals surface area contributed by atoms with Crippen molar-refractivity contribution in [1.82, 2.24) is 15.1 Å². The Morgan fingerprint density at radius 1 is 0.968 bits per heavy atom. The van der Waals surface area contributed by atoms with Gasteiger partial charge in [-0.3, -0.25) is 0 Å². The molecule has 0 spiro atoms. The third-order valence-corrected chi connectivity index (χ3v) is 5.26. The van der Waals surface area contributed by atoms with Crippen LogP contribution in [0.4, 0.5) is 0 Å². The largest absolute Gasteiger partial charge is 0.493 e. The maximum Gasteiger partial charge on any atom is 0.247 e. The molecule has 2 aromatic carbocycles. The lowest BCUT2D eigenvalue weighted by atomic mass is 10.2. The fraction of sp³-hybridized carbons (Fsp3) is 0.391. The van der Waals surface area contributed by atoms with Gasteiger partial charge in [0.05, 0.1) is 26.1 Å². The maximum atomic E-state index is 5.85. The van der Waals surface area contributed by atoms with Gasteiger partial charge in [0.1, 0.15) is 5.75 Å². The molecule has 7 nitrogen and oxygen atoms in total. The highest BCUT2D eigenvalue weighted by molar-refractivity contribution is 7.98. The Kier molecular flexibility index (Phi) is 9.05. The van der Waals surface area contributed by atoms with Gasteiger partial charge in [0, 0.05) is 17.9 Å². The van der Waals surface area contributed by atoms with Crippen molar-refractivity contribution >= 4 is 11.8 Å². The van der Waals surface area contributed by atoms with E-state index in [9.17, 15) is 0 Å². The van der Waals surface area contributed by atoms with Crippen molar-refractivity contribution in [2.24, 2.45) is 0 Å². The number of para-hydroxylation sites is 1. The predicted octanol–water partition coefficient (Wildman–Crippen LogP) is 4.39. The molecule has 0 radical (unpaired) electrons. The van der Waals surface area contributed by atoms with E-state index >= 15 is 0 Å². The highest BCUT2D eigenvalue weighted by Crippen LogP contribution is 2.32. The SMILES string of the molecule is COc1cc(-c2nnc(CSCCOc3ccccc3)o2)ccc1OCCCN(C)C. The standard InChI is InChI=1S/C23H29N3O4S/c1-26(2)12-7-13-29-20-11-10-18(16-21(20)27-3)23-25-24-22(30-23)17-31-15-14-28-19-8-5-4-6-9-19/h4-6,8-11,16H,7,12-15,17H2,1-3H3. The van der Waals surface area contributed by atoms with Crippen LogP contribution in [0.15, 0.2) is 52.9 Å². The Balaban J connectivity index is 1.48. The van der Waals surface area contributed by atoms with Crippen molar-refractivity contribution in [2.75, 3.05) is 46.7 Å². The Hall–Kier alpha value is -2.71. The summed E-state index contributed by atoms with van der Waals surface area (Å²) in [6.07, 6.45) is 0.943. The van der Waals surface area contributed by atoms with Crippen LogP contribution < -0.4 is 14.2 Å². The highest BCUT2D eigenvalue weighted by Gasteiger charge is 2.13. The number of nitrogens with zero attached hydrogens (tertiary/aromatic N) is 3. The summed E-state index contributed by atoms with van der Waals surface area (Å²) >= 11 is 1.69. The van der Waals surface area contributed by atoms with Crippen molar-refractivity contribution < 1.29 is 18.6 Å². The molecular weight excluding hydrogens is 414 g/mol. The zero-order chi connectivity index (χ0) is 21.9. The summed E-state index contributed by atoms with van der Waals surface area (Å²) in [5.41, 5.74) is 0.800. The van der Waals surface area contributed by atoms with Gasteiger partial charge in [0.15, 0.2) is 11.5 Å². The number of hydrogen-bond acceptors (Lipinski definition) is 8. The van der Waals surface area contributed by atoms with Gasteiger partial charge in [0.25, 0.3) is 0 Å². The van der Waals surface area contributed by atoms with Crippen LogP contribution in [0.2, 0.25) is 0 Å². The van der Waals surface area contributed by atoms with Gasteiger partial charge >= 0.3 is 0 Å². The quantitative estimate of drug-likeness (QED) is 0.360. The van der Waals surface area contributed by atoms with E-state index in [-0.39, 0.29) is 0 Å².